The van der Waals surface area contributed by atoms with Crippen LogP contribution in [0.25, 0.3) is 0 Å². The maximum Gasteiger partial charge on any atom is 0.191 e. The SMILES string of the molecule is Cn1c(COc2ccc(Cl)cc2)nnc1SCCCC(=O)c1ccc(F)cc1. The first-order valence-corrected chi connectivity index (χ1v) is 10.1. The lowest BCUT2D eigenvalue weighted by molar-refractivity contribution is 0.0982. The molecule has 8 heteroatoms. The van der Waals surface area contributed by atoms with Gasteiger partial charge in [-0.05, 0) is 55.0 Å². The Balaban J connectivity index is 1.44. The number of nitrogens with zero attached hydrogens (tertiary/aromatic N) is 3. The number of hydrogen-bond acceptors (Lipinski definition) is 5. The third-order valence-corrected chi connectivity index (χ3v) is 5.41. The lowest BCUT2D eigenvalue weighted by Crippen LogP contribution is -2.04. The van der Waals surface area contributed by atoms with Gasteiger partial charge in [-0.25, -0.2) is 4.39 Å². The standard InChI is InChI=1S/C20H19ClFN3O2S/c1-25-19(13-27-17-10-6-15(21)7-11-17)23-24-20(25)28-12-2-3-18(26)14-4-8-16(22)9-5-14/h4-11H,2-3,12-13H2,1H3. The zero-order valence-corrected chi connectivity index (χ0v) is 16.8. The second-order valence-electron chi connectivity index (χ2n) is 6.08. The Morgan fingerprint density at radius 3 is 2.57 bits per heavy atom. The Labute approximate surface area is 171 Å². The molecule has 3 rings (SSSR count). The first kappa shape index (κ1) is 20.4. The molecule has 0 spiro atoms. The molecule has 3 aromatic rings. The van der Waals surface area contributed by atoms with E-state index in [4.69, 9.17) is 16.3 Å². The Morgan fingerprint density at radius 2 is 1.86 bits per heavy atom. The zero-order chi connectivity index (χ0) is 19.9. The molecule has 0 bridgehead atoms. The minimum absolute atomic E-state index is 0.00983. The van der Waals surface area contributed by atoms with E-state index in [0.717, 1.165) is 10.9 Å². The van der Waals surface area contributed by atoms with E-state index < -0.39 is 0 Å². The van der Waals surface area contributed by atoms with Gasteiger partial charge in [0.2, 0.25) is 0 Å². The van der Waals surface area contributed by atoms with Crippen LogP contribution in [0.15, 0.2) is 53.7 Å². The van der Waals surface area contributed by atoms with Crippen LogP contribution in [0.4, 0.5) is 4.39 Å². The molecule has 146 valence electrons. The van der Waals surface area contributed by atoms with Gasteiger partial charge in [-0.15, -0.1) is 10.2 Å². The van der Waals surface area contributed by atoms with E-state index in [1.807, 2.05) is 11.6 Å². The monoisotopic (exact) mass is 419 g/mol. The molecular formula is C20H19ClFN3O2S. The van der Waals surface area contributed by atoms with Crippen LogP contribution < -0.4 is 4.74 Å². The molecule has 28 heavy (non-hydrogen) atoms. The number of Topliss-reactive ketones (excluding diaryl/α,β-unsaturated/α-hetero) is 1. The smallest absolute Gasteiger partial charge is 0.191 e. The van der Waals surface area contributed by atoms with Gasteiger partial charge in [0.15, 0.2) is 16.8 Å². The van der Waals surface area contributed by atoms with E-state index >= 15 is 0 Å². The predicted molar refractivity (Wildman–Crippen MR) is 107 cm³/mol. The number of ketones is 1. The Kier molecular flexibility index (Phi) is 7.06. The van der Waals surface area contributed by atoms with Crippen molar-refractivity contribution >= 4 is 29.1 Å². The number of aromatic nitrogens is 3. The number of benzene rings is 2. The number of carbonyl (C=O) groups is 1. The highest BCUT2D eigenvalue weighted by Crippen LogP contribution is 2.20. The summed E-state index contributed by atoms with van der Waals surface area (Å²) in [5.74, 6) is 1.82. The van der Waals surface area contributed by atoms with Crippen molar-refractivity contribution in [3.05, 3.63) is 70.8 Å². The quantitative estimate of drug-likeness (QED) is 0.279. The lowest BCUT2D eigenvalue weighted by Gasteiger charge is -2.06. The normalized spacial score (nSPS) is 10.8. The number of carbonyl (C=O) groups excluding carboxylic acids is 1. The predicted octanol–water partition coefficient (Wildman–Crippen LogP) is 4.94. The van der Waals surface area contributed by atoms with Gasteiger partial charge >= 0.3 is 0 Å². The molecule has 0 N–H and O–H groups in total. The summed E-state index contributed by atoms with van der Waals surface area (Å²) in [6.45, 7) is 0.300. The van der Waals surface area contributed by atoms with Crippen molar-refractivity contribution in [1.82, 2.24) is 14.8 Å². The van der Waals surface area contributed by atoms with Gasteiger partial charge < -0.3 is 9.30 Å². The molecule has 0 fully saturated rings. The zero-order valence-electron chi connectivity index (χ0n) is 15.3. The first-order chi connectivity index (χ1) is 13.5. The van der Waals surface area contributed by atoms with Crippen LogP contribution in [0.2, 0.25) is 5.02 Å². The fraction of sp³-hybridized carbons (Fsp3) is 0.250. The highest BCUT2D eigenvalue weighted by molar-refractivity contribution is 7.99. The van der Waals surface area contributed by atoms with Crippen molar-refractivity contribution in [3.63, 3.8) is 0 Å². The molecule has 0 aliphatic heterocycles. The molecule has 0 radical (unpaired) electrons. The molecule has 0 saturated carbocycles. The van der Waals surface area contributed by atoms with E-state index in [-0.39, 0.29) is 11.6 Å². The summed E-state index contributed by atoms with van der Waals surface area (Å²) in [7, 11) is 1.88. The van der Waals surface area contributed by atoms with Gasteiger partial charge in [-0.2, -0.15) is 0 Å². The van der Waals surface area contributed by atoms with E-state index in [9.17, 15) is 9.18 Å². The van der Waals surface area contributed by atoms with Gasteiger partial charge in [-0.3, -0.25) is 4.79 Å². The summed E-state index contributed by atoms with van der Waals surface area (Å²) in [5, 5.41) is 9.75. The minimum atomic E-state index is -0.342. The van der Waals surface area contributed by atoms with Crippen LogP contribution in [0, 0.1) is 5.82 Å². The molecular weight excluding hydrogens is 401 g/mol. The fourth-order valence-electron chi connectivity index (χ4n) is 2.45. The maximum absolute atomic E-state index is 12.9. The molecule has 5 nitrogen and oxygen atoms in total. The highest BCUT2D eigenvalue weighted by Gasteiger charge is 2.11. The van der Waals surface area contributed by atoms with E-state index in [0.29, 0.717) is 41.6 Å². The second-order valence-corrected chi connectivity index (χ2v) is 7.58. The molecule has 0 atom stereocenters. The van der Waals surface area contributed by atoms with Crippen molar-refractivity contribution in [3.8, 4) is 5.75 Å². The summed E-state index contributed by atoms with van der Waals surface area (Å²) in [4.78, 5) is 12.1. The van der Waals surface area contributed by atoms with Gasteiger partial charge in [0.05, 0.1) is 0 Å². The summed E-state index contributed by atoms with van der Waals surface area (Å²) in [6.07, 6.45) is 1.10. The van der Waals surface area contributed by atoms with Crippen LogP contribution in [0.5, 0.6) is 5.75 Å². The van der Waals surface area contributed by atoms with Crippen LogP contribution in [0.3, 0.4) is 0 Å². The van der Waals surface area contributed by atoms with Crippen molar-refractivity contribution in [2.24, 2.45) is 7.05 Å². The fourth-order valence-corrected chi connectivity index (χ4v) is 3.45. The molecule has 0 saturated heterocycles. The van der Waals surface area contributed by atoms with E-state index in [2.05, 4.69) is 10.2 Å². The minimum Gasteiger partial charge on any atom is -0.486 e. The van der Waals surface area contributed by atoms with E-state index in [1.165, 1.54) is 36.0 Å². The van der Waals surface area contributed by atoms with Gasteiger partial charge in [0.1, 0.15) is 18.2 Å². The van der Waals surface area contributed by atoms with Gasteiger partial charge in [-0.1, -0.05) is 23.4 Å². The van der Waals surface area contributed by atoms with Crippen molar-refractivity contribution < 1.29 is 13.9 Å². The van der Waals surface area contributed by atoms with Crippen LogP contribution in [0.1, 0.15) is 29.0 Å². The molecule has 0 amide bonds. The third-order valence-electron chi connectivity index (χ3n) is 4.05. The maximum atomic E-state index is 12.9. The molecule has 1 aromatic heterocycles. The molecule has 1 heterocycles. The van der Waals surface area contributed by atoms with Crippen LogP contribution in [-0.2, 0) is 13.7 Å². The topological polar surface area (TPSA) is 57.0 Å². The average molecular weight is 420 g/mol. The number of ether oxygens (including phenoxy) is 1. The van der Waals surface area contributed by atoms with E-state index in [1.54, 1.807) is 24.3 Å². The summed E-state index contributed by atoms with van der Waals surface area (Å²) < 4.78 is 20.5. The van der Waals surface area contributed by atoms with Crippen molar-refractivity contribution in [2.75, 3.05) is 5.75 Å². The number of rotatable bonds is 9. The Morgan fingerprint density at radius 1 is 1.14 bits per heavy atom. The molecule has 0 unspecified atom stereocenters. The van der Waals surface area contributed by atoms with Crippen molar-refractivity contribution in [2.45, 2.75) is 24.6 Å². The van der Waals surface area contributed by atoms with Crippen LogP contribution in [-0.4, -0.2) is 26.3 Å². The summed E-state index contributed by atoms with van der Waals surface area (Å²) in [6, 6.07) is 12.8. The third kappa shape index (κ3) is 5.56. The Bertz CT molecular complexity index is 930. The van der Waals surface area contributed by atoms with Crippen LogP contribution >= 0.6 is 23.4 Å². The largest absolute Gasteiger partial charge is 0.486 e. The first-order valence-electron chi connectivity index (χ1n) is 8.71. The molecule has 2 aromatic carbocycles. The average Bonchev–Trinajstić information content (AvgIpc) is 3.05. The summed E-state index contributed by atoms with van der Waals surface area (Å²) >= 11 is 7.39. The Hall–Kier alpha value is -2.38. The van der Waals surface area contributed by atoms with Gasteiger partial charge in [0.25, 0.3) is 0 Å². The summed E-state index contributed by atoms with van der Waals surface area (Å²) in [5.41, 5.74) is 0.534. The number of hydrogen-bond donors (Lipinski definition) is 0. The number of thioether (sulfide) groups is 1. The van der Waals surface area contributed by atoms with Gasteiger partial charge in [0, 0.05) is 29.8 Å². The second kappa shape index (κ2) is 9.71. The lowest BCUT2D eigenvalue weighted by atomic mass is 10.1. The highest BCUT2D eigenvalue weighted by atomic mass is 35.5. The van der Waals surface area contributed by atoms with Crippen molar-refractivity contribution in [1.29, 1.82) is 0 Å². The molecule has 0 aliphatic carbocycles. The number of halogens is 2. The molecule has 0 aliphatic rings.